The van der Waals surface area contributed by atoms with Gasteiger partial charge in [0.1, 0.15) is 5.82 Å². The molecule has 0 saturated carbocycles. The summed E-state index contributed by atoms with van der Waals surface area (Å²) < 4.78 is 0. The third-order valence-corrected chi connectivity index (χ3v) is 3.23. The summed E-state index contributed by atoms with van der Waals surface area (Å²) in [5.41, 5.74) is 7.49. The molecule has 2 heterocycles. The van der Waals surface area contributed by atoms with E-state index in [4.69, 9.17) is 5.73 Å². The van der Waals surface area contributed by atoms with Gasteiger partial charge in [-0.1, -0.05) is 6.92 Å². The van der Waals surface area contributed by atoms with Crippen molar-refractivity contribution in [2.75, 3.05) is 23.7 Å². The number of aromatic nitrogens is 1. The van der Waals surface area contributed by atoms with Gasteiger partial charge in [-0.3, -0.25) is 0 Å². The molecular formula is C12H19N3O. The van der Waals surface area contributed by atoms with Crippen LogP contribution in [0.1, 0.15) is 18.9 Å². The monoisotopic (exact) mass is 221 g/mol. The molecule has 0 bridgehead atoms. The molecule has 1 aromatic rings. The van der Waals surface area contributed by atoms with E-state index in [-0.39, 0.29) is 6.10 Å². The molecular weight excluding hydrogens is 202 g/mol. The molecule has 1 aromatic heterocycles. The summed E-state index contributed by atoms with van der Waals surface area (Å²) in [5.74, 6) is 1.29. The number of rotatable bonds is 1. The van der Waals surface area contributed by atoms with Crippen molar-refractivity contribution in [1.82, 2.24) is 4.98 Å². The Morgan fingerprint density at radius 2 is 2.31 bits per heavy atom. The minimum atomic E-state index is -0.176. The van der Waals surface area contributed by atoms with Gasteiger partial charge in [-0.25, -0.2) is 4.98 Å². The largest absolute Gasteiger partial charge is 0.397 e. The number of nitrogen functional groups attached to an aromatic ring is 1. The Morgan fingerprint density at radius 1 is 1.56 bits per heavy atom. The highest BCUT2D eigenvalue weighted by Crippen LogP contribution is 2.25. The third kappa shape index (κ3) is 2.11. The molecule has 4 heteroatoms. The number of aliphatic hydroxyl groups excluding tert-OH is 1. The van der Waals surface area contributed by atoms with Gasteiger partial charge in [0.2, 0.25) is 0 Å². The Balaban J connectivity index is 2.18. The average Bonchev–Trinajstić information content (AvgIpc) is 2.22. The van der Waals surface area contributed by atoms with Gasteiger partial charge < -0.3 is 15.7 Å². The van der Waals surface area contributed by atoms with Crippen molar-refractivity contribution >= 4 is 11.5 Å². The Kier molecular flexibility index (Phi) is 3.01. The molecule has 1 saturated heterocycles. The molecule has 0 aromatic carbocycles. The standard InChI is InChI=1S/C12H19N3O/c1-8-5-10(13)6-14-12(8)15-4-3-11(16)9(2)7-15/h5-6,9,11,16H,3-4,7,13H2,1-2H3. The summed E-state index contributed by atoms with van der Waals surface area (Å²) in [5, 5.41) is 9.69. The molecule has 4 nitrogen and oxygen atoms in total. The second-order valence-electron chi connectivity index (χ2n) is 4.69. The molecule has 0 radical (unpaired) electrons. The van der Waals surface area contributed by atoms with Crippen molar-refractivity contribution in [3.63, 3.8) is 0 Å². The van der Waals surface area contributed by atoms with Crippen molar-refractivity contribution < 1.29 is 5.11 Å². The van der Waals surface area contributed by atoms with Gasteiger partial charge in [-0.15, -0.1) is 0 Å². The molecule has 0 aliphatic carbocycles. The first-order valence-corrected chi connectivity index (χ1v) is 5.73. The molecule has 2 atom stereocenters. The van der Waals surface area contributed by atoms with Crippen LogP contribution in [0.4, 0.5) is 11.5 Å². The van der Waals surface area contributed by atoms with Gasteiger partial charge in [-0.05, 0) is 30.9 Å². The predicted molar refractivity (Wildman–Crippen MR) is 65.4 cm³/mol. The summed E-state index contributed by atoms with van der Waals surface area (Å²) in [6, 6.07) is 1.94. The van der Waals surface area contributed by atoms with Crippen LogP contribution in [0.5, 0.6) is 0 Å². The number of aryl methyl sites for hydroxylation is 1. The molecule has 1 aliphatic rings. The molecule has 88 valence electrons. The molecule has 0 spiro atoms. The van der Waals surface area contributed by atoms with Crippen LogP contribution in [0.25, 0.3) is 0 Å². The van der Waals surface area contributed by atoms with E-state index in [1.54, 1.807) is 6.20 Å². The van der Waals surface area contributed by atoms with Crippen LogP contribution in [-0.4, -0.2) is 29.3 Å². The van der Waals surface area contributed by atoms with Gasteiger partial charge in [0.25, 0.3) is 0 Å². The van der Waals surface area contributed by atoms with Crippen LogP contribution in [-0.2, 0) is 0 Å². The van der Waals surface area contributed by atoms with E-state index in [9.17, 15) is 5.11 Å². The number of hydrogen-bond donors (Lipinski definition) is 2. The van der Waals surface area contributed by atoms with Crippen LogP contribution in [0.3, 0.4) is 0 Å². The zero-order valence-electron chi connectivity index (χ0n) is 9.85. The second-order valence-corrected chi connectivity index (χ2v) is 4.69. The highest BCUT2D eigenvalue weighted by Gasteiger charge is 2.25. The van der Waals surface area contributed by atoms with E-state index in [0.29, 0.717) is 11.6 Å². The lowest BCUT2D eigenvalue weighted by Crippen LogP contribution is -2.42. The molecule has 3 N–H and O–H groups in total. The summed E-state index contributed by atoms with van der Waals surface area (Å²) in [6.45, 7) is 5.82. The van der Waals surface area contributed by atoms with Gasteiger partial charge >= 0.3 is 0 Å². The first-order chi connectivity index (χ1) is 7.58. The van der Waals surface area contributed by atoms with Crippen molar-refractivity contribution in [2.45, 2.75) is 26.4 Å². The fraction of sp³-hybridized carbons (Fsp3) is 0.583. The Morgan fingerprint density at radius 3 is 2.94 bits per heavy atom. The van der Waals surface area contributed by atoms with E-state index in [0.717, 1.165) is 30.9 Å². The number of nitrogens with zero attached hydrogens (tertiary/aromatic N) is 2. The highest BCUT2D eigenvalue weighted by molar-refractivity contribution is 5.52. The number of aliphatic hydroxyl groups is 1. The fourth-order valence-corrected chi connectivity index (χ4v) is 2.25. The van der Waals surface area contributed by atoms with Crippen LogP contribution in [0, 0.1) is 12.8 Å². The third-order valence-electron chi connectivity index (χ3n) is 3.23. The lowest BCUT2D eigenvalue weighted by atomic mass is 9.96. The van der Waals surface area contributed by atoms with Crippen molar-refractivity contribution in [2.24, 2.45) is 5.92 Å². The Labute approximate surface area is 96.1 Å². The van der Waals surface area contributed by atoms with Gasteiger partial charge in [0.05, 0.1) is 18.0 Å². The summed E-state index contributed by atoms with van der Waals surface area (Å²) in [6.07, 6.45) is 2.33. The highest BCUT2D eigenvalue weighted by atomic mass is 16.3. The summed E-state index contributed by atoms with van der Waals surface area (Å²) in [7, 11) is 0. The first kappa shape index (κ1) is 11.2. The van der Waals surface area contributed by atoms with Gasteiger partial charge in [0, 0.05) is 13.1 Å². The van der Waals surface area contributed by atoms with E-state index in [1.807, 2.05) is 13.0 Å². The maximum absolute atomic E-state index is 9.69. The Hall–Kier alpha value is -1.29. The van der Waals surface area contributed by atoms with E-state index in [1.165, 1.54) is 0 Å². The Bertz CT molecular complexity index is 381. The lowest BCUT2D eigenvalue weighted by Gasteiger charge is -2.35. The molecule has 0 amide bonds. The van der Waals surface area contributed by atoms with Gasteiger partial charge in [0.15, 0.2) is 0 Å². The smallest absolute Gasteiger partial charge is 0.131 e. The SMILES string of the molecule is Cc1cc(N)cnc1N1CCC(O)C(C)C1. The van der Waals surface area contributed by atoms with Crippen LogP contribution in [0.15, 0.2) is 12.3 Å². The summed E-state index contributed by atoms with van der Waals surface area (Å²) in [4.78, 5) is 6.61. The maximum Gasteiger partial charge on any atom is 0.131 e. The summed E-state index contributed by atoms with van der Waals surface area (Å²) >= 11 is 0. The molecule has 1 aliphatic heterocycles. The van der Waals surface area contributed by atoms with Crippen molar-refractivity contribution in [3.05, 3.63) is 17.8 Å². The molecule has 2 rings (SSSR count). The van der Waals surface area contributed by atoms with Crippen molar-refractivity contribution in [1.29, 1.82) is 0 Å². The quantitative estimate of drug-likeness (QED) is 0.747. The number of hydrogen-bond acceptors (Lipinski definition) is 4. The fourth-order valence-electron chi connectivity index (χ4n) is 2.25. The minimum absolute atomic E-state index is 0.176. The number of anilines is 2. The minimum Gasteiger partial charge on any atom is -0.397 e. The number of pyridine rings is 1. The molecule has 2 unspecified atom stereocenters. The number of nitrogens with two attached hydrogens (primary N) is 1. The zero-order valence-corrected chi connectivity index (χ0v) is 9.85. The van der Waals surface area contributed by atoms with Gasteiger partial charge in [-0.2, -0.15) is 0 Å². The van der Waals surface area contributed by atoms with E-state index < -0.39 is 0 Å². The predicted octanol–water partition coefficient (Wildman–Crippen LogP) is 1.18. The molecule has 16 heavy (non-hydrogen) atoms. The van der Waals surface area contributed by atoms with E-state index >= 15 is 0 Å². The van der Waals surface area contributed by atoms with Crippen LogP contribution < -0.4 is 10.6 Å². The normalized spacial score (nSPS) is 25.8. The lowest BCUT2D eigenvalue weighted by molar-refractivity contribution is 0.0968. The van der Waals surface area contributed by atoms with Crippen LogP contribution in [0.2, 0.25) is 0 Å². The first-order valence-electron chi connectivity index (χ1n) is 5.73. The zero-order chi connectivity index (χ0) is 11.7. The second kappa shape index (κ2) is 4.29. The molecule has 1 fully saturated rings. The van der Waals surface area contributed by atoms with Crippen molar-refractivity contribution in [3.8, 4) is 0 Å². The van der Waals surface area contributed by atoms with Crippen LogP contribution >= 0.6 is 0 Å². The topological polar surface area (TPSA) is 62.4 Å². The number of piperidine rings is 1. The maximum atomic E-state index is 9.69. The van der Waals surface area contributed by atoms with E-state index in [2.05, 4.69) is 16.8 Å². The average molecular weight is 221 g/mol.